The van der Waals surface area contributed by atoms with Crippen LogP contribution in [0.15, 0.2) is 0 Å². The fourth-order valence-corrected chi connectivity index (χ4v) is 0. The summed E-state index contributed by atoms with van der Waals surface area (Å²) in [6.45, 7) is 2.00. The zero-order chi connectivity index (χ0) is 2.00. The van der Waals surface area contributed by atoms with Gasteiger partial charge in [0, 0.05) is 29.6 Å². The van der Waals surface area contributed by atoms with Gasteiger partial charge in [-0.25, -0.2) is 0 Å². The Morgan fingerprint density at radius 3 is 1.00 bits per heavy atom. The molecule has 0 aliphatic heterocycles. The van der Waals surface area contributed by atoms with Crippen molar-refractivity contribution in [1.82, 2.24) is 0 Å². The first-order valence-corrected chi connectivity index (χ1v) is 0.289. The molecule has 0 unspecified atom stereocenters. The van der Waals surface area contributed by atoms with Crippen molar-refractivity contribution in [2.24, 2.45) is 0 Å². The number of rotatable bonds is 0. The maximum Gasteiger partial charge on any atom is 0.106 e. The number of carbonyl (C=O) groups is 1. The Morgan fingerprint density at radius 2 is 1.00 bits per heavy atom. The molecule has 0 aliphatic rings. The molecule has 5 heavy (non-hydrogen) atoms. The van der Waals surface area contributed by atoms with E-state index in [1.807, 2.05) is 6.79 Å². The summed E-state index contributed by atoms with van der Waals surface area (Å²) in [6, 6.07) is 0. The van der Waals surface area contributed by atoms with Crippen LogP contribution >= 0.6 is 0 Å². The molecule has 3 nitrogen and oxygen atoms in total. The van der Waals surface area contributed by atoms with Gasteiger partial charge in [-0.3, -0.25) is 0 Å². The van der Waals surface area contributed by atoms with Crippen molar-refractivity contribution in [2.45, 2.75) is 0 Å². The van der Waals surface area contributed by atoms with Gasteiger partial charge in [0.2, 0.25) is 0 Å². The van der Waals surface area contributed by atoms with Crippen LogP contribution in [0.4, 0.5) is 0 Å². The zero-order valence-corrected chi connectivity index (χ0v) is 5.12. The number of carbonyl (C=O) groups excluding carboxylic acids is 1. The summed E-state index contributed by atoms with van der Waals surface area (Å²) in [4.78, 5) is 8.00. The monoisotopic (exact) mass is 89.0 g/mol. The van der Waals surface area contributed by atoms with Crippen LogP contribution in [-0.2, 0) is 4.79 Å². The minimum Gasteiger partial charge on any atom is -0.412 e. The summed E-state index contributed by atoms with van der Waals surface area (Å²) in [5.41, 5.74) is 0. The molecular formula is CH6NaO3. The van der Waals surface area contributed by atoms with E-state index in [4.69, 9.17) is 4.79 Å². The molecule has 0 saturated carbocycles. The van der Waals surface area contributed by atoms with Crippen LogP contribution in [0.1, 0.15) is 0 Å². The van der Waals surface area contributed by atoms with Gasteiger partial charge in [0.25, 0.3) is 0 Å². The molecule has 0 aliphatic carbocycles. The van der Waals surface area contributed by atoms with Crippen molar-refractivity contribution in [2.75, 3.05) is 0 Å². The first-order valence-electron chi connectivity index (χ1n) is 0.289. The van der Waals surface area contributed by atoms with Gasteiger partial charge in [0.05, 0.1) is 0 Å². The van der Waals surface area contributed by atoms with E-state index in [0.29, 0.717) is 0 Å². The Hall–Kier alpha value is 0.590. The molecule has 0 aromatic heterocycles. The fraction of sp³-hybridized carbons (Fsp3) is 0. The van der Waals surface area contributed by atoms with E-state index in [0.717, 1.165) is 0 Å². The van der Waals surface area contributed by atoms with Crippen molar-refractivity contribution in [3.05, 3.63) is 0 Å². The van der Waals surface area contributed by atoms with Crippen LogP contribution in [0.3, 0.4) is 0 Å². The molecule has 0 heterocycles. The SMILES string of the molecule is C=O.O.O.[Na]. The normalized spacial score (nSPS) is 0.800. The molecule has 1 radical (unpaired) electrons. The predicted molar refractivity (Wildman–Crippen MR) is 20.1 cm³/mol. The summed E-state index contributed by atoms with van der Waals surface area (Å²) in [7, 11) is 0. The first kappa shape index (κ1) is 46.6. The second kappa shape index (κ2) is 170. The van der Waals surface area contributed by atoms with Gasteiger partial charge >= 0.3 is 0 Å². The van der Waals surface area contributed by atoms with E-state index in [2.05, 4.69) is 0 Å². The van der Waals surface area contributed by atoms with Gasteiger partial charge in [-0.1, -0.05) is 0 Å². The van der Waals surface area contributed by atoms with Crippen molar-refractivity contribution >= 4 is 36.3 Å². The van der Waals surface area contributed by atoms with Crippen molar-refractivity contribution in [1.29, 1.82) is 0 Å². The summed E-state index contributed by atoms with van der Waals surface area (Å²) < 4.78 is 0. The standard InChI is InChI=1S/CH2O.Na.2H2O/c1-2;;;/h1H2;;2*1H2. The maximum atomic E-state index is 8.00. The van der Waals surface area contributed by atoms with Gasteiger partial charge in [0.15, 0.2) is 0 Å². The van der Waals surface area contributed by atoms with Crippen LogP contribution in [0.2, 0.25) is 0 Å². The first-order chi connectivity index (χ1) is 1.00. The summed E-state index contributed by atoms with van der Waals surface area (Å²) in [5, 5.41) is 0. The van der Waals surface area contributed by atoms with Crippen LogP contribution in [-0.4, -0.2) is 47.3 Å². The minimum atomic E-state index is 0. The molecule has 0 rings (SSSR count). The molecule has 0 atom stereocenters. The third-order valence-electron chi connectivity index (χ3n) is 0. The van der Waals surface area contributed by atoms with Crippen LogP contribution < -0.4 is 0 Å². The van der Waals surface area contributed by atoms with E-state index >= 15 is 0 Å². The van der Waals surface area contributed by atoms with Crippen molar-refractivity contribution < 1.29 is 15.7 Å². The molecular weight excluding hydrogens is 83.0 g/mol. The maximum absolute atomic E-state index is 8.00. The molecule has 4 heteroatoms. The Kier molecular flexibility index (Phi) is 1580. The number of hydrogen-bond acceptors (Lipinski definition) is 1. The van der Waals surface area contributed by atoms with E-state index < -0.39 is 0 Å². The molecule has 4 N–H and O–H groups in total. The van der Waals surface area contributed by atoms with Crippen LogP contribution in [0, 0.1) is 0 Å². The largest absolute Gasteiger partial charge is 0.412 e. The predicted octanol–water partition coefficient (Wildman–Crippen LogP) is -2.22. The summed E-state index contributed by atoms with van der Waals surface area (Å²) in [6.07, 6.45) is 0. The smallest absolute Gasteiger partial charge is 0.106 e. The van der Waals surface area contributed by atoms with Gasteiger partial charge < -0.3 is 15.7 Å². The number of hydrogen-bond donors (Lipinski definition) is 0. The molecule has 0 spiro atoms. The molecule has 0 bridgehead atoms. The second-order valence-electron chi connectivity index (χ2n) is 0. The average Bonchev–Trinajstić information content (AvgIpc) is 1.00. The molecule has 0 aromatic carbocycles. The fourth-order valence-electron chi connectivity index (χ4n) is 0. The summed E-state index contributed by atoms with van der Waals surface area (Å²) >= 11 is 0. The third kappa shape index (κ3) is 88.5. The average molecular weight is 89.0 g/mol. The van der Waals surface area contributed by atoms with Crippen LogP contribution in [0.25, 0.3) is 0 Å². The Morgan fingerprint density at radius 1 is 1.00 bits per heavy atom. The molecule has 0 saturated heterocycles. The van der Waals surface area contributed by atoms with Gasteiger partial charge in [-0.05, 0) is 0 Å². The zero-order valence-electron chi connectivity index (χ0n) is 3.12. The second-order valence-corrected chi connectivity index (χ2v) is 0. The Labute approximate surface area is 52.3 Å². The van der Waals surface area contributed by atoms with E-state index in [9.17, 15) is 0 Å². The van der Waals surface area contributed by atoms with Gasteiger partial charge in [0.1, 0.15) is 6.79 Å². The van der Waals surface area contributed by atoms with E-state index in [1.165, 1.54) is 0 Å². The topological polar surface area (TPSA) is 80.1 Å². The van der Waals surface area contributed by atoms with E-state index in [-0.39, 0.29) is 40.5 Å². The van der Waals surface area contributed by atoms with Gasteiger partial charge in [-0.2, -0.15) is 0 Å². The Bertz CT molecular complexity index is 6.85. The quantitative estimate of drug-likeness (QED) is 0.310. The molecule has 0 fully saturated rings. The van der Waals surface area contributed by atoms with Crippen LogP contribution in [0.5, 0.6) is 0 Å². The van der Waals surface area contributed by atoms with Crippen molar-refractivity contribution in [3.63, 3.8) is 0 Å². The molecule has 29 valence electrons. The van der Waals surface area contributed by atoms with E-state index in [1.54, 1.807) is 0 Å². The van der Waals surface area contributed by atoms with Gasteiger partial charge in [-0.15, -0.1) is 0 Å². The minimum absolute atomic E-state index is 0. The Balaban J connectivity index is -0.00000000167. The molecule has 0 amide bonds. The third-order valence-corrected chi connectivity index (χ3v) is 0. The summed E-state index contributed by atoms with van der Waals surface area (Å²) in [5.74, 6) is 0. The molecule has 0 aromatic rings. The van der Waals surface area contributed by atoms with Crippen molar-refractivity contribution in [3.8, 4) is 0 Å².